The lowest BCUT2D eigenvalue weighted by Crippen LogP contribution is -2.43. The average molecular weight is 368 g/mol. The van der Waals surface area contributed by atoms with Gasteiger partial charge in [-0.05, 0) is 51.7 Å². The first-order chi connectivity index (χ1) is 10.6. The Morgan fingerprint density at radius 2 is 1.78 bits per heavy atom. The van der Waals surface area contributed by atoms with Crippen molar-refractivity contribution in [2.45, 2.75) is 69.8 Å². The molecule has 0 amide bonds. The van der Waals surface area contributed by atoms with Crippen LogP contribution in [0.4, 0.5) is 13.2 Å². The van der Waals surface area contributed by atoms with Crippen molar-refractivity contribution in [3.8, 4) is 0 Å². The molecule has 1 saturated carbocycles. The van der Waals surface area contributed by atoms with Crippen LogP contribution in [0.3, 0.4) is 0 Å². The van der Waals surface area contributed by atoms with Crippen LogP contribution in [0.5, 0.6) is 0 Å². The lowest BCUT2D eigenvalue weighted by Gasteiger charge is -2.33. The highest BCUT2D eigenvalue weighted by Crippen LogP contribution is 2.42. The summed E-state index contributed by atoms with van der Waals surface area (Å²) in [5, 5.41) is 0. The fraction of sp³-hybridized carbons (Fsp3) is 0.750. The fourth-order valence-corrected chi connectivity index (χ4v) is 4.82. The minimum Gasteiger partial charge on any atom is -0.598 e. The zero-order valence-corrected chi connectivity index (χ0v) is 15.3. The molecular formula is C16H24F3NOS2. The Labute approximate surface area is 143 Å². The van der Waals surface area contributed by atoms with Gasteiger partial charge in [0.15, 0.2) is 0 Å². The van der Waals surface area contributed by atoms with Gasteiger partial charge in [0.05, 0.1) is 6.04 Å². The summed E-state index contributed by atoms with van der Waals surface area (Å²) in [5.74, 6) is 0.245. The first-order valence-electron chi connectivity index (χ1n) is 7.94. The van der Waals surface area contributed by atoms with E-state index in [1.165, 1.54) is 6.42 Å². The van der Waals surface area contributed by atoms with Crippen molar-refractivity contribution in [2.75, 3.05) is 0 Å². The predicted molar refractivity (Wildman–Crippen MR) is 89.7 cm³/mol. The van der Waals surface area contributed by atoms with Gasteiger partial charge in [0.25, 0.3) is 0 Å². The molecular weight excluding hydrogens is 343 g/mol. The Hall–Kier alpha value is -0.240. The molecule has 1 aromatic heterocycles. The largest absolute Gasteiger partial charge is 0.598 e. The summed E-state index contributed by atoms with van der Waals surface area (Å²) >= 11 is -0.534. The van der Waals surface area contributed by atoms with Gasteiger partial charge in [-0.2, -0.15) is 13.2 Å². The molecule has 1 heterocycles. The summed E-state index contributed by atoms with van der Waals surface area (Å²) in [6.07, 6.45) is 0.967. The van der Waals surface area contributed by atoms with Crippen molar-refractivity contribution in [1.82, 2.24) is 4.72 Å². The maximum Gasteiger partial charge on any atom is 0.425 e. The molecule has 1 aromatic rings. The summed E-state index contributed by atoms with van der Waals surface area (Å²) in [4.78, 5) is 0.0541. The maximum absolute atomic E-state index is 12.9. The predicted octanol–water partition coefficient (Wildman–Crippen LogP) is 5.44. The van der Waals surface area contributed by atoms with E-state index in [2.05, 4.69) is 4.72 Å². The molecule has 2 unspecified atom stereocenters. The highest BCUT2D eigenvalue weighted by molar-refractivity contribution is 7.90. The summed E-state index contributed by atoms with van der Waals surface area (Å²) in [6.45, 7) is 5.59. The second-order valence-corrected chi connectivity index (χ2v) is 10.2. The molecule has 0 radical (unpaired) electrons. The Balaban J connectivity index is 2.23. The van der Waals surface area contributed by atoms with E-state index in [1.807, 2.05) is 20.8 Å². The molecule has 2 nitrogen and oxygen atoms in total. The normalized spacial score (nSPS) is 20.5. The molecule has 2 atom stereocenters. The number of hydrogen-bond acceptors (Lipinski definition) is 3. The van der Waals surface area contributed by atoms with Crippen molar-refractivity contribution >= 4 is 22.7 Å². The third-order valence-corrected chi connectivity index (χ3v) is 6.92. The Kier molecular flexibility index (Phi) is 6.09. The van der Waals surface area contributed by atoms with Gasteiger partial charge in [-0.25, -0.2) is 0 Å². The number of nitrogens with one attached hydrogen (secondary N) is 1. The van der Waals surface area contributed by atoms with Gasteiger partial charge in [0, 0.05) is 16.2 Å². The average Bonchev–Trinajstić information content (AvgIpc) is 2.94. The van der Waals surface area contributed by atoms with Gasteiger partial charge in [0.2, 0.25) is 0 Å². The Bertz CT molecular complexity index is 504. The van der Waals surface area contributed by atoms with E-state index in [0.717, 1.165) is 43.1 Å². The standard InChI is InChI=1S/C16H24F3NOS2/c1-15(2,3)23(21)20-14(11-7-5-4-6-8-11)12-9-10-13(22-12)16(17,18)19/h9-11,14,20H,4-8H2,1-3H3. The van der Waals surface area contributed by atoms with Crippen LogP contribution < -0.4 is 4.72 Å². The summed E-state index contributed by atoms with van der Waals surface area (Å²) < 4.78 is 53.8. The van der Waals surface area contributed by atoms with E-state index in [9.17, 15) is 17.7 Å². The van der Waals surface area contributed by atoms with E-state index >= 15 is 0 Å². The SMILES string of the molecule is CC(C)(C)[S+]([O-])NC(c1ccc(C(F)(F)F)s1)C1CCCCC1. The molecule has 23 heavy (non-hydrogen) atoms. The highest BCUT2D eigenvalue weighted by atomic mass is 32.2. The third kappa shape index (κ3) is 5.11. The van der Waals surface area contributed by atoms with Gasteiger partial charge in [0.1, 0.15) is 9.62 Å². The Morgan fingerprint density at radius 1 is 1.17 bits per heavy atom. The van der Waals surface area contributed by atoms with Crippen LogP contribution in [-0.2, 0) is 17.5 Å². The maximum atomic E-state index is 12.9. The third-order valence-electron chi connectivity index (χ3n) is 4.12. The van der Waals surface area contributed by atoms with Crippen LogP contribution in [0.1, 0.15) is 68.7 Å². The number of rotatable bonds is 4. The van der Waals surface area contributed by atoms with Crippen LogP contribution in [0.15, 0.2) is 12.1 Å². The van der Waals surface area contributed by atoms with E-state index < -0.39 is 27.2 Å². The van der Waals surface area contributed by atoms with E-state index in [4.69, 9.17) is 0 Å². The first kappa shape index (κ1) is 19.1. The highest BCUT2D eigenvalue weighted by Gasteiger charge is 2.37. The van der Waals surface area contributed by atoms with Crippen molar-refractivity contribution in [3.05, 3.63) is 21.9 Å². The molecule has 0 aliphatic heterocycles. The van der Waals surface area contributed by atoms with Gasteiger partial charge in [-0.1, -0.05) is 19.3 Å². The molecule has 0 aromatic carbocycles. The minimum absolute atomic E-state index is 0.245. The van der Waals surface area contributed by atoms with Crippen LogP contribution in [0, 0.1) is 5.92 Å². The quantitative estimate of drug-likeness (QED) is 0.719. The van der Waals surface area contributed by atoms with Crippen LogP contribution in [0.25, 0.3) is 0 Å². The van der Waals surface area contributed by atoms with Gasteiger partial charge in [-0.3, -0.25) is 0 Å². The molecule has 0 bridgehead atoms. The van der Waals surface area contributed by atoms with Crippen LogP contribution in [-0.4, -0.2) is 9.30 Å². The molecule has 0 saturated heterocycles. The zero-order chi connectivity index (χ0) is 17.3. The zero-order valence-electron chi connectivity index (χ0n) is 13.7. The smallest absolute Gasteiger partial charge is 0.425 e. The molecule has 1 fully saturated rings. The summed E-state index contributed by atoms with van der Waals surface area (Å²) in [5.41, 5.74) is 0. The number of alkyl halides is 3. The lowest BCUT2D eigenvalue weighted by atomic mass is 9.84. The monoisotopic (exact) mass is 367 g/mol. The van der Waals surface area contributed by atoms with Crippen molar-refractivity contribution in [1.29, 1.82) is 0 Å². The minimum atomic E-state index is -4.32. The second kappa shape index (κ2) is 7.33. The topological polar surface area (TPSA) is 35.1 Å². The first-order valence-corrected chi connectivity index (χ1v) is 9.90. The van der Waals surface area contributed by atoms with Crippen LogP contribution >= 0.6 is 11.3 Å². The van der Waals surface area contributed by atoms with E-state index in [1.54, 1.807) is 6.07 Å². The molecule has 1 aliphatic carbocycles. The fourth-order valence-electron chi connectivity index (χ4n) is 2.82. The van der Waals surface area contributed by atoms with Crippen molar-refractivity contribution < 1.29 is 17.7 Å². The molecule has 0 spiro atoms. The van der Waals surface area contributed by atoms with Gasteiger partial charge in [-0.15, -0.1) is 16.1 Å². The molecule has 132 valence electrons. The number of thiophene rings is 1. The van der Waals surface area contributed by atoms with Crippen molar-refractivity contribution in [2.24, 2.45) is 5.92 Å². The van der Waals surface area contributed by atoms with E-state index in [-0.39, 0.29) is 12.0 Å². The molecule has 1 aliphatic rings. The number of hydrogen-bond donors (Lipinski definition) is 1. The molecule has 7 heteroatoms. The Morgan fingerprint density at radius 3 is 2.26 bits per heavy atom. The van der Waals surface area contributed by atoms with E-state index in [0.29, 0.717) is 4.88 Å². The second-order valence-electron chi connectivity index (χ2n) is 7.07. The van der Waals surface area contributed by atoms with Crippen LogP contribution in [0.2, 0.25) is 0 Å². The number of halogens is 3. The van der Waals surface area contributed by atoms with Gasteiger partial charge >= 0.3 is 6.18 Å². The summed E-state index contributed by atoms with van der Waals surface area (Å²) in [7, 11) is 0. The molecule has 2 rings (SSSR count). The van der Waals surface area contributed by atoms with Gasteiger partial charge < -0.3 is 4.55 Å². The lowest BCUT2D eigenvalue weighted by molar-refractivity contribution is -0.134. The molecule has 1 N–H and O–H groups in total. The summed E-state index contributed by atoms with van der Waals surface area (Å²) in [6, 6.07) is 2.41. The van der Waals surface area contributed by atoms with Crippen molar-refractivity contribution in [3.63, 3.8) is 0 Å².